The largest absolute Gasteiger partial charge is 0.338 e. The van der Waals surface area contributed by atoms with Crippen LogP contribution in [0.15, 0.2) is 180 Å². The quantitative estimate of drug-likeness (QED) is 0.161. The van der Waals surface area contributed by atoms with Crippen molar-refractivity contribution < 1.29 is 0 Å². The molecule has 0 N–H and O–H groups in total. The maximum atomic E-state index is 2.70. The van der Waals surface area contributed by atoms with Crippen LogP contribution in [0, 0.1) is 17.8 Å². The van der Waals surface area contributed by atoms with Gasteiger partial charge >= 0.3 is 0 Å². The summed E-state index contributed by atoms with van der Waals surface area (Å²) in [6.07, 6.45) is 43.4. The maximum Gasteiger partial charge on any atom is 0.0544 e. The summed E-state index contributed by atoms with van der Waals surface area (Å²) < 4.78 is 2.59. The van der Waals surface area contributed by atoms with E-state index in [0.717, 1.165) is 25.7 Å². The average Bonchev–Trinajstić information content (AvgIpc) is 3.65. The summed E-state index contributed by atoms with van der Waals surface area (Å²) >= 11 is 0. The molecule has 0 fully saturated rings. The Morgan fingerprint density at radius 1 is 0.621 bits per heavy atom. The van der Waals surface area contributed by atoms with Gasteiger partial charge in [-0.3, -0.25) is 0 Å². The van der Waals surface area contributed by atoms with Crippen molar-refractivity contribution >= 4 is 49.5 Å². The highest BCUT2D eigenvalue weighted by Gasteiger charge is 2.30. The van der Waals surface area contributed by atoms with Crippen molar-refractivity contribution in [3.05, 3.63) is 186 Å². The predicted molar refractivity (Wildman–Crippen MR) is 248 cm³/mol. The number of nitrogens with zero attached hydrogens (tertiary/aromatic N) is 2. The molecule has 2 nitrogen and oxygen atoms in total. The molecule has 6 aliphatic carbocycles. The number of fused-ring (bicyclic) bond motifs is 6. The molecule has 1 heterocycles. The fraction of sp³-hybridized carbons (Fsp3) is 0.286. The monoisotopic (exact) mass is 754 g/mol. The minimum atomic E-state index is 0.441. The lowest BCUT2D eigenvalue weighted by molar-refractivity contribution is 0.420. The first-order chi connectivity index (χ1) is 28.8. The van der Waals surface area contributed by atoms with Crippen molar-refractivity contribution in [3.8, 4) is 0 Å². The van der Waals surface area contributed by atoms with E-state index in [0.29, 0.717) is 23.8 Å². The SMILES string of the molecule is C1=CCCC(C2=CCC(N(C3=CCC(C4C=C(n5c6ccccc6c6c7ccccc7ccc65)CCC4)C=C3)c3ccc(C4=C5C=CCCC5CC=C4)cc3)CC2)=C1. The summed E-state index contributed by atoms with van der Waals surface area (Å²) in [5.41, 5.74) is 14.2. The van der Waals surface area contributed by atoms with E-state index < -0.39 is 0 Å². The van der Waals surface area contributed by atoms with E-state index in [9.17, 15) is 0 Å². The van der Waals surface area contributed by atoms with E-state index in [1.54, 1.807) is 11.1 Å². The van der Waals surface area contributed by atoms with Crippen LogP contribution >= 0.6 is 0 Å². The van der Waals surface area contributed by atoms with Gasteiger partial charge < -0.3 is 9.47 Å². The molecular formula is C56H54N2. The van der Waals surface area contributed by atoms with Gasteiger partial charge in [-0.2, -0.15) is 0 Å². The molecular weight excluding hydrogens is 701 g/mol. The molecule has 0 saturated heterocycles. The van der Waals surface area contributed by atoms with Crippen LogP contribution in [0.25, 0.3) is 43.8 Å². The second kappa shape index (κ2) is 15.3. The molecule has 0 bridgehead atoms. The first kappa shape index (κ1) is 35.6. The summed E-state index contributed by atoms with van der Waals surface area (Å²) in [6.45, 7) is 0. The van der Waals surface area contributed by atoms with Crippen LogP contribution in [0.5, 0.6) is 0 Å². The highest BCUT2D eigenvalue weighted by molar-refractivity contribution is 6.21. The number of anilines is 1. The number of para-hydroxylation sites is 1. The molecule has 1 aromatic heterocycles. The van der Waals surface area contributed by atoms with Crippen molar-refractivity contribution in [2.24, 2.45) is 17.8 Å². The van der Waals surface area contributed by atoms with Crippen LogP contribution in [0.4, 0.5) is 5.69 Å². The molecule has 0 spiro atoms. The highest BCUT2D eigenvalue weighted by Crippen LogP contribution is 2.43. The van der Waals surface area contributed by atoms with E-state index in [1.165, 1.54) is 118 Å². The molecule has 5 aromatic rings. The molecule has 6 aliphatic rings. The average molecular weight is 755 g/mol. The Balaban J connectivity index is 0.900. The van der Waals surface area contributed by atoms with Gasteiger partial charge in [0, 0.05) is 33.9 Å². The lowest BCUT2D eigenvalue weighted by atomic mass is 9.79. The van der Waals surface area contributed by atoms with Gasteiger partial charge in [0.05, 0.1) is 11.0 Å². The van der Waals surface area contributed by atoms with Gasteiger partial charge in [0.1, 0.15) is 0 Å². The Morgan fingerprint density at radius 2 is 1.52 bits per heavy atom. The molecule has 288 valence electrons. The van der Waals surface area contributed by atoms with E-state index >= 15 is 0 Å². The van der Waals surface area contributed by atoms with Gasteiger partial charge in [0.15, 0.2) is 0 Å². The summed E-state index contributed by atoms with van der Waals surface area (Å²) in [5.74, 6) is 1.70. The van der Waals surface area contributed by atoms with E-state index in [-0.39, 0.29) is 0 Å². The first-order valence-corrected chi connectivity index (χ1v) is 22.3. The van der Waals surface area contributed by atoms with Gasteiger partial charge in [0.25, 0.3) is 0 Å². The predicted octanol–water partition coefficient (Wildman–Crippen LogP) is 15.0. The van der Waals surface area contributed by atoms with Crippen molar-refractivity contribution in [2.75, 3.05) is 4.90 Å². The van der Waals surface area contributed by atoms with E-state index in [2.05, 4.69) is 167 Å². The molecule has 4 atom stereocenters. The van der Waals surface area contributed by atoms with E-state index in [4.69, 9.17) is 0 Å². The fourth-order valence-corrected chi connectivity index (χ4v) is 11.3. The number of hydrogen-bond acceptors (Lipinski definition) is 1. The van der Waals surface area contributed by atoms with Gasteiger partial charge in [0.2, 0.25) is 0 Å². The van der Waals surface area contributed by atoms with Crippen LogP contribution in [0.1, 0.15) is 82.6 Å². The summed E-state index contributed by atoms with van der Waals surface area (Å²) in [6, 6.07) is 32.6. The molecule has 11 rings (SSSR count). The van der Waals surface area contributed by atoms with Crippen LogP contribution in [-0.4, -0.2) is 10.6 Å². The van der Waals surface area contributed by atoms with Crippen LogP contribution in [-0.2, 0) is 0 Å². The van der Waals surface area contributed by atoms with E-state index in [1.807, 2.05) is 0 Å². The van der Waals surface area contributed by atoms with Gasteiger partial charge in [-0.15, -0.1) is 0 Å². The molecule has 2 heteroatoms. The summed E-state index contributed by atoms with van der Waals surface area (Å²) in [4.78, 5) is 2.70. The molecule has 0 radical (unpaired) electrons. The fourth-order valence-electron chi connectivity index (χ4n) is 11.3. The van der Waals surface area contributed by atoms with Crippen molar-refractivity contribution in [1.82, 2.24) is 4.57 Å². The second-order valence-electron chi connectivity index (χ2n) is 17.6. The highest BCUT2D eigenvalue weighted by atomic mass is 15.2. The number of rotatable bonds is 7. The van der Waals surface area contributed by atoms with Crippen LogP contribution in [0.3, 0.4) is 0 Å². The summed E-state index contributed by atoms with van der Waals surface area (Å²) in [7, 11) is 0. The molecule has 4 unspecified atom stereocenters. The Bertz CT molecular complexity index is 2700. The minimum absolute atomic E-state index is 0.441. The third kappa shape index (κ3) is 6.42. The topological polar surface area (TPSA) is 8.17 Å². The normalized spacial score (nSPS) is 24.5. The van der Waals surface area contributed by atoms with Crippen molar-refractivity contribution in [2.45, 2.75) is 83.1 Å². The Hall–Kier alpha value is -5.60. The number of benzene rings is 4. The standard InChI is InChI=1S/C56H54N2/c1-2-12-39(13-3-1)40-24-31-46(32-25-40)57(48-35-28-44(29-36-48)51-22-11-16-42-14-4-6-19-50(42)51)47-33-26-41(27-34-47)45-17-10-18-49(38-45)58-54-23-9-8-21-53(54)56-52-20-7-5-15-43(52)30-37-55(56)58/h1-2,5-9,11-12,15,19-24,26,28-30,33-38,41-42,45-46H,3-4,10,13-14,16-18,25,27,31-32H2. The first-order valence-electron chi connectivity index (χ1n) is 22.3. The smallest absolute Gasteiger partial charge is 0.0544 e. The number of allylic oxidation sites excluding steroid dienone is 16. The maximum absolute atomic E-state index is 2.70. The van der Waals surface area contributed by atoms with Crippen molar-refractivity contribution in [1.29, 1.82) is 0 Å². The van der Waals surface area contributed by atoms with Crippen molar-refractivity contribution in [3.63, 3.8) is 0 Å². The zero-order chi connectivity index (χ0) is 38.4. The molecule has 0 saturated carbocycles. The zero-order valence-electron chi connectivity index (χ0n) is 33.7. The molecule has 58 heavy (non-hydrogen) atoms. The van der Waals surface area contributed by atoms with Gasteiger partial charge in [-0.05, 0) is 164 Å². The van der Waals surface area contributed by atoms with Gasteiger partial charge in [-0.1, -0.05) is 127 Å². The minimum Gasteiger partial charge on any atom is -0.338 e. The molecule has 0 amide bonds. The zero-order valence-corrected chi connectivity index (χ0v) is 33.7. The lowest BCUT2D eigenvalue weighted by Crippen LogP contribution is -2.36. The molecule has 4 aromatic carbocycles. The number of hydrogen-bond donors (Lipinski definition) is 0. The number of aromatic nitrogens is 1. The second-order valence-corrected chi connectivity index (χ2v) is 17.6. The van der Waals surface area contributed by atoms with Gasteiger partial charge in [-0.25, -0.2) is 0 Å². The summed E-state index contributed by atoms with van der Waals surface area (Å²) in [5, 5.41) is 5.40. The molecule has 0 aliphatic heterocycles. The Kier molecular flexibility index (Phi) is 9.37. The Morgan fingerprint density at radius 3 is 2.36 bits per heavy atom. The third-order valence-corrected chi connectivity index (χ3v) is 14.2. The van der Waals surface area contributed by atoms with Crippen LogP contribution < -0.4 is 4.90 Å². The third-order valence-electron chi connectivity index (χ3n) is 14.2. The van der Waals surface area contributed by atoms with Crippen LogP contribution in [0.2, 0.25) is 0 Å². The Labute approximate surface area is 344 Å². The lowest BCUT2D eigenvalue weighted by Gasteiger charge is -2.38.